The van der Waals surface area contributed by atoms with Crippen LogP contribution in [0.5, 0.6) is 11.5 Å². The molecule has 0 atom stereocenters. The molecule has 84 valence electrons. The lowest BCUT2D eigenvalue weighted by Gasteiger charge is -2.09. The molecule has 1 aromatic heterocycles. The molecule has 0 aliphatic carbocycles. The van der Waals surface area contributed by atoms with E-state index < -0.39 is 0 Å². The molecule has 0 amide bonds. The highest BCUT2D eigenvalue weighted by atomic mass is 16.5. The molecule has 1 aromatic carbocycles. The highest BCUT2D eigenvalue weighted by Gasteiger charge is 2.06. The molecule has 2 rings (SSSR count). The number of hydrogen-bond acceptors (Lipinski definition) is 3. The van der Waals surface area contributed by atoms with Crippen molar-refractivity contribution >= 4 is 0 Å². The monoisotopic (exact) mass is 218 g/mol. The zero-order chi connectivity index (χ0) is 11.4. The van der Waals surface area contributed by atoms with Crippen molar-refractivity contribution in [3.8, 4) is 11.5 Å². The van der Waals surface area contributed by atoms with Crippen molar-refractivity contribution in [3.05, 3.63) is 47.9 Å². The topological polar surface area (TPSA) is 31.6 Å². The number of hydrogen-bond donors (Lipinski definition) is 0. The third-order valence-corrected chi connectivity index (χ3v) is 2.47. The minimum Gasteiger partial charge on any atom is -0.497 e. The van der Waals surface area contributed by atoms with Gasteiger partial charge in [0.05, 0.1) is 26.7 Å². The summed E-state index contributed by atoms with van der Waals surface area (Å²) in [6.45, 7) is 0. The first-order chi connectivity index (χ1) is 7.83. The van der Waals surface area contributed by atoms with E-state index >= 15 is 0 Å². The fourth-order valence-corrected chi connectivity index (χ4v) is 1.61. The number of furan rings is 1. The lowest BCUT2D eigenvalue weighted by Crippen LogP contribution is -1.94. The van der Waals surface area contributed by atoms with E-state index in [1.54, 1.807) is 26.7 Å². The molecule has 0 N–H and O–H groups in total. The SMILES string of the molecule is COc1ccc(Cc2ccoc2)c(OC)c1. The third-order valence-electron chi connectivity index (χ3n) is 2.47. The van der Waals surface area contributed by atoms with Crippen molar-refractivity contribution in [1.82, 2.24) is 0 Å². The standard InChI is InChI=1S/C13H14O3/c1-14-12-4-3-11(13(8-12)15-2)7-10-5-6-16-9-10/h3-6,8-9H,7H2,1-2H3. The van der Waals surface area contributed by atoms with Gasteiger partial charge in [0, 0.05) is 12.5 Å². The van der Waals surface area contributed by atoms with Crippen LogP contribution in [-0.2, 0) is 6.42 Å². The molecule has 0 saturated heterocycles. The van der Waals surface area contributed by atoms with Crippen LogP contribution < -0.4 is 9.47 Å². The number of methoxy groups -OCH3 is 2. The quantitative estimate of drug-likeness (QED) is 0.790. The molecule has 2 aromatic rings. The Morgan fingerprint density at radius 2 is 2.00 bits per heavy atom. The van der Waals surface area contributed by atoms with Crippen LogP contribution in [-0.4, -0.2) is 14.2 Å². The van der Waals surface area contributed by atoms with Gasteiger partial charge in [-0.2, -0.15) is 0 Å². The van der Waals surface area contributed by atoms with Crippen LogP contribution in [0.2, 0.25) is 0 Å². The Hall–Kier alpha value is -1.90. The van der Waals surface area contributed by atoms with E-state index in [0.29, 0.717) is 0 Å². The molecule has 0 aliphatic heterocycles. The molecular formula is C13H14O3. The largest absolute Gasteiger partial charge is 0.497 e. The fraction of sp³-hybridized carbons (Fsp3) is 0.231. The zero-order valence-corrected chi connectivity index (χ0v) is 9.40. The smallest absolute Gasteiger partial charge is 0.126 e. The van der Waals surface area contributed by atoms with E-state index in [0.717, 1.165) is 29.0 Å². The Balaban J connectivity index is 2.26. The summed E-state index contributed by atoms with van der Waals surface area (Å²) >= 11 is 0. The van der Waals surface area contributed by atoms with Crippen molar-refractivity contribution in [2.24, 2.45) is 0 Å². The van der Waals surface area contributed by atoms with E-state index in [4.69, 9.17) is 13.9 Å². The Morgan fingerprint density at radius 3 is 2.62 bits per heavy atom. The Labute approximate surface area is 94.6 Å². The number of rotatable bonds is 4. The summed E-state index contributed by atoms with van der Waals surface area (Å²) in [4.78, 5) is 0. The van der Waals surface area contributed by atoms with Gasteiger partial charge in [-0.05, 0) is 23.3 Å². The molecule has 0 spiro atoms. The molecular weight excluding hydrogens is 204 g/mol. The average molecular weight is 218 g/mol. The van der Waals surface area contributed by atoms with E-state index in [2.05, 4.69) is 0 Å². The summed E-state index contributed by atoms with van der Waals surface area (Å²) in [5.74, 6) is 1.63. The summed E-state index contributed by atoms with van der Waals surface area (Å²) in [6.07, 6.45) is 4.21. The predicted molar refractivity (Wildman–Crippen MR) is 61.1 cm³/mol. The third kappa shape index (κ3) is 2.19. The van der Waals surface area contributed by atoms with Gasteiger partial charge in [-0.3, -0.25) is 0 Å². The molecule has 0 radical (unpaired) electrons. The maximum atomic E-state index is 5.33. The zero-order valence-electron chi connectivity index (χ0n) is 9.40. The highest BCUT2D eigenvalue weighted by molar-refractivity contribution is 5.42. The first-order valence-corrected chi connectivity index (χ1v) is 5.05. The second-order valence-corrected chi connectivity index (χ2v) is 3.49. The average Bonchev–Trinajstić information content (AvgIpc) is 2.82. The van der Waals surface area contributed by atoms with Gasteiger partial charge in [-0.15, -0.1) is 0 Å². The van der Waals surface area contributed by atoms with E-state index in [1.165, 1.54) is 0 Å². The van der Waals surface area contributed by atoms with Crippen LogP contribution in [0.25, 0.3) is 0 Å². The maximum absolute atomic E-state index is 5.33. The van der Waals surface area contributed by atoms with Gasteiger partial charge in [0.15, 0.2) is 0 Å². The van der Waals surface area contributed by atoms with E-state index in [9.17, 15) is 0 Å². The Bertz CT molecular complexity index is 446. The molecule has 3 nitrogen and oxygen atoms in total. The molecule has 1 heterocycles. The lowest BCUT2D eigenvalue weighted by molar-refractivity contribution is 0.391. The van der Waals surface area contributed by atoms with Crippen LogP contribution in [0.1, 0.15) is 11.1 Å². The normalized spacial score (nSPS) is 10.1. The molecule has 0 unspecified atom stereocenters. The second kappa shape index (κ2) is 4.75. The highest BCUT2D eigenvalue weighted by Crippen LogP contribution is 2.26. The maximum Gasteiger partial charge on any atom is 0.126 e. The minimum atomic E-state index is 0.795. The molecule has 16 heavy (non-hydrogen) atoms. The van der Waals surface area contributed by atoms with Crippen molar-refractivity contribution in [2.45, 2.75) is 6.42 Å². The number of ether oxygens (including phenoxy) is 2. The summed E-state index contributed by atoms with van der Waals surface area (Å²) in [6, 6.07) is 7.77. The van der Waals surface area contributed by atoms with Gasteiger partial charge in [-0.1, -0.05) is 6.07 Å². The molecule has 0 bridgehead atoms. The van der Waals surface area contributed by atoms with Crippen molar-refractivity contribution < 1.29 is 13.9 Å². The van der Waals surface area contributed by atoms with Crippen LogP contribution in [0.4, 0.5) is 0 Å². The molecule has 0 fully saturated rings. The van der Waals surface area contributed by atoms with Gasteiger partial charge in [0.1, 0.15) is 11.5 Å². The van der Waals surface area contributed by atoms with Crippen LogP contribution in [0, 0.1) is 0 Å². The van der Waals surface area contributed by atoms with Crippen LogP contribution in [0.15, 0.2) is 41.2 Å². The van der Waals surface area contributed by atoms with E-state index in [1.807, 2.05) is 24.3 Å². The molecule has 3 heteroatoms. The summed E-state index contributed by atoms with van der Waals surface area (Å²) in [5, 5.41) is 0. The molecule has 0 aliphatic rings. The van der Waals surface area contributed by atoms with Crippen molar-refractivity contribution in [2.75, 3.05) is 14.2 Å². The van der Waals surface area contributed by atoms with Gasteiger partial charge in [-0.25, -0.2) is 0 Å². The number of benzene rings is 1. The van der Waals surface area contributed by atoms with Gasteiger partial charge in [0.25, 0.3) is 0 Å². The summed E-state index contributed by atoms with van der Waals surface area (Å²) in [5.41, 5.74) is 2.24. The summed E-state index contributed by atoms with van der Waals surface area (Å²) < 4.78 is 15.5. The first kappa shape index (κ1) is 10.6. The van der Waals surface area contributed by atoms with Crippen molar-refractivity contribution in [3.63, 3.8) is 0 Å². The van der Waals surface area contributed by atoms with E-state index in [-0.39, 0.29) is 0 Å². The summed E-state index contributed by atoms with van der Waals surface area (Å²) in [7, 11) is 3.30. The predicted octanol–water partition coefficient (Wildman–Crippen LogP) is 2.89. The van der Waals surface area contributed by atoms with Crippen molar-refractivity contribution in [1.29, 1.82) is 0 Å². The van der Waals surface area contributed by atoms with Crippen LogP contribution >= 0.6 is 0 Å². The second-order valence-electron chi connectivity index (χ2n) is 3.49. The van der Waals surface area contributed by atoms with Gasteiger partial charge >= 0.3 is 0 Å². The Kier molecular flexibility index (Phi) is 3.15. The van der Waals surface area contributed by atoms with Gasteiger partial charge < -0.3 is 13.9 Å². The van der Waals surface area contributed by atoms with Gasteiger partial charge in [0.2, 0.25) is 0 Å². The van der Waals surface area contributed by atoms with Crippen LogP contribution in [0.3, 0.4) is 0 Å². The first-order valence-electron chi connectivity index (χ1n) is 5.05. The lowest BCUT2D eigenvalue weighted by atomic mass is 10.1. The molecule has 0 saturated carbocycles. The Morgan fingerprint density at radius 1 is 1.12 bits per heavy atom. The minimum absolute atomic E-state index is 0.795. The fourth-order valence-electron chi connectivity index (χ4n) is 1.61.